The van der Waals surface area contributed by atoms with Gasteiger partial charge in [0, 0.05) is 39.3 Å². The molecule has 0 aliphatic carbocycles. The maximum absolute atomic E-state index is 11.1. The number of hydrogen-bond donors (Lipinski definition) is 0. The van der Waals surface area contributed by atoms with E-state index in [9.17, 15) is 58.5 Å². The zero-order valence-electron chi connectivity index (χ0n) is 23.5. The molecule has 3 amide bonds. The number of nitrogens with zero attached hydrogens (tertiary/aromatic N) is 3. The average Bonchev–Trinajstić information content (AvgIpc) is 2.86. The van der Waals surface area contributed by atoms with Gasteiger partial charge in [-0.05, 0) is 41.5 Å². The molecule has 0 unspecified atom stereocenters. The van der Waals surface area contributed by atoms with Crippen LogP contribution in [0.15, 0.2) is 0 Å². The number of amides is 3. The van der Waals surface area contributed by atoms with Gasteiger partial charge in [0.15, 0.2) is 17.3 Å². The van der Waals surface area contributed by atoms with Crippen molar-refractivity contribution in [3.8, 4) is 0 Å². The van der Waals surface area contributed by atoms with Crippen LogP contribution in [0.1, 0.15) is 60.8 Å². The van der Waals surface area contributed by atoms with E-state index in [1.54, 1.807) is 41.5 Å². The van der Waals surface area contributed by atoms with Crippen LogP contribution in [-0.2, 0) is 60.2 Å². The fourth-order valence-electron chi connectivity index (χ4n) is 2.69. The third-order valence-electron chi connectivity index (χ3n) is 4.97. The van der Waals surface area contributed by atoms with Gasteiger partial charge >= 0.3 is 17.1 Å². The largest absolute Gasteiger partial charge is 3.00 e. The Balaban J connectivity index is -0.000000240. The van der Waals surface area contributed by atoms with Crippen molar-refractivity contribution in [3.05, 3.63) is 0 Å². The van der Waals surface area contributed by atoms with Crippen LogP contribution in [0.4, 0.5) is 0 Å². The molecule has 0 fully saturated rings. The van der Waals surface area contributed by atoms with E-state index in [1.165, 1.54) is 14.7 Å². The van der Waals surface area contributed by atoms with Crippen molar-refractivity contribution < 1.29 is 75.5 Å². The minimum atomic E-state index is -1.81. The van der Waals surface area contributed by atoms with E-state index in [1.807, 2.05) is 0 Å². The molecule has 1 radical (unpaired) electrons. The fourth-order valence-corrected chi connectivity index (χ4v) is 2.69. The van der Waals surface area contributed by atoms with Crippen LogP contribution < -0.4 is 15.3 Å². The molecule has 0 saturated carbocycles. The Morgan fingerprint density at radius 3 is 0.650 bits per heavy atom. The summed E-state index contributed by atoms with van der Waals surface area (Å²) >= 11 is 0. The normalized spacial score (nSPS) is 9.15. The zero-order valence-corrected chi connectivity index (χ0v) is 24.6. The van der Waals surface area contributed by atoms with E-state index in [2.05, 4.69) is 0 Å². The van der Waals surface area contributed by atoms with Crippen molar-refractivity contribution >= 4 is 53.0 Å². The second-order valence-electron chi connectivity index (χ2n) is 7.36. The Kier molecular flexibility index (Phi) is 26.5. The predicted molar refractivity (Wildman–Crippen MR) is 128 cm³/mol. The molecular weight excluding hydrogens is 578 g/mol. The van der Waals surface area contributed by atoms with E-state index in [4.69, 9.17) is 0 Å². The molecule has 0 saturated heterocycles. The number of rotatable bonds is 15. The first-order chi connectivity index (χ1) is 18.1. The molecule has 0 aromatic carbocycles. The molecule has 0 aromatic rings. The molecule has 0 rings (SSSR count). The van der Waals surface area contributed by atoms with Gasteiger partial charge in [0.1, 0.15) is 17.9 Å². The average molecular weight is 614 g/mol. The van der Waals surface area contributed by atoms with Crippen molar-refractivity contribution in [2.24, 2.45) is 0 Å². The van der Waals surface area contributed by atoms with E-state index in [0.717, 1.165) is 0 Å². The number of carbonyl (C=O) groups excluding carboxylic acids is 9. The number of hydrogen-bond acceptors (Lipinski definition) is 12. The standard InChI is InChI=1S/3C8H13NO4.Fe/c3*1-3-9(4-2)7(11)5-6(10)8(12)13;/h3*3-5H2,1-2H3,(H,12,13);/q;;;+3/p-3. The van der Waals surface area contributed by atoms with Crippen molar-refractivity contribution in [2.45, 2.75) is 60.8 Å². The molecule has 40 heavy (non-hydrogen) atoms. The van der Waals surface area contributed by atoms with Crippen molar-refractivity contribution in [1.82, 2.24) is 14.7 Å². The van der Waals surface area contributed by atoms with Gasteiger partial charge in [-0.25, -0.2) is 0 Å². The maximum atomic E-state index is 11.1. The summed E-state index contributed by atoms with van der Waals surface area (Å²) in [4.78, 5) is 99.3. The quantitative estimate of drug-likeness (QED) is 0.0968. The van der Waals surface area contributed by atoms with E-state index >= 15 is 0 Å². The number of Topliss-reactive ketones (excluding diaryl/α,β-unsaturated/α-hetero) is 3. The Labute approximate surface area is 243 Å². The van der Waals surface area contributed by atoms with E-state index in [0.29, 0.717) is 39.3 Å². The van der Waals surface area contributed by atoms with Gasteiger partial charge in [-0.1, -0.05) is 0 Å². The van der Waals surface area contributed by atoms with Crippen molar-refractivity contribution in [3.63, 3.8) is 0 Å². The molecular formula is C24H36FeN3O12. The van der Waals surface area contributed by atoms with Crippen LogP contribution >= 0.6 is 0 Å². The number of carbonyl (C=O) groups is 9. The number of carboxylic acids is 3. The van der Waals surface area contributed by atoms with Crippen LogP contribution in [0.5, 0.6) is 0 Å². The van der Waals surface area contributed by atoms with Crippen molar-refractivity contribution in [2.75, 3.05) is 39.3 Å². The van der Waals surface area contributed by atoms with Crippen LogP contribution in [0, 0.1) is 0 Å². The van der Waals surface area contributed by atoms with Crippen LogP contribution in [0.25, 0.3) is 0 Å². The monoisotopic (exact) mass is 614 g/mol. The topological polar surface area (TPSA) is 233 Å². The van der Waals surface area contributed by atoms with Gasteiger partial charge in [0.2, 0.25) is 17.7 Å². The molecule has 227 valence electrons. The second-order valence-corrected chi connectivity index (χ2v) is 7.36. The summed E-state index contributed by atoms with van der Waals surface area (Å²) in [6, 6.07) is 0. The van der Waals surface area contributed by atoms with E-state index in [-0.39, 0.29) is 17.1 Å². The molecule has 0 aromatic heterocycles. The smallest absolute Gasteiger partial charge is 0.542 e. The summed E-state index contributed by atoms with van der Waals surface area (Å²) in [7, 11) is 0. The molecule has 0 spiro atoms. The third kappa shape index (κ3) is 19.4. The van der Waals surface area contributed by atoms with Crippen LogP contribution in [0.2, 0.25) is 0 Å². The molecule has 0 heterocycles. The zero-order chi connectivity index (χ0) is 31.3. The summed E-state index contributed by atoms with van der Waals surface area (Å²) in [5, 5.41) is 30.0. The third-order valence-corrected chi connectivity index (χ3v) is 4.97. The van der Waals surface area contributed by atoms with Gasteiger partial charge < -0.3 is 44.4 Å². The first-order valence-corrected chi connectivity index (χ1v) is 12.1. The van der Waals surface area contributed by atoms with Gasteiger partial charge in [-0.3, -0.25) is 28.8 Å². The fraction of sp³-hybridized carbons (Fsp3) is 0.625. The van der Waals surface area contributed by atoms with E-state index < -0.39 is 72.2 Å². The van der Waals surface area contributed by atoms with Gasteiger partial charge in [-0.15, -0.1) is 0 Å². The summed E-state index contributed by atoms with van der Waals surface area (Å²) < 4.78 is 0. The molecule has 0 aliphatic rings. The molecule has 0 atom stereocenters. The maximum Gasteiger partial charge on any atom is 3.00 e. The Bertz CT molecular complexity index is 781. The Morgan fingerprint density at radius 2 is 0.550 bits per heavy atom. The predicted octanol–water partition coefficient (Wildman–Crippen LogP) is -4.31. The first-order valence-electron chi connectivity index (χ1n) is 12.1. The Hall–Kier alpha value is -3.65. The van der Waals surface area contributed by atoms with Crippen LogP contribution in [0.3, 0.4) is 0 Å². The number of aliphatic carboxylic acids is 3. The first kappa shape index (κ1) is 43.4. The summed E-state index contributed by atoms with van der Waals surface area (Å²) in [5.74, 6) is -10.3. The van der Waals surface area contributed by atoms with Gasteiger partial charge in [0.05, 0.1) is 19.3 Å². The summed E-state index contributed by atoms with van der Waals surface area (Å²) in [6.07, 6.45) is -1.82. The molecule has 0 N–H and O–H groups in total. The number of ketones is 3. The minimum Gasteiger partial charge on any atom is -0.542 e. The summed E-state index contributed by atoms with van der Waals surface area (Å²) in [5.41, 5.74) is 0. The molecule has 16 heteroatoms. The number of carboxylic acid groups (broad SMARTS) is 3. The minimum absolute atomic E-state index is 0. The summed E-state index contributed by atoms with van der Waals surface area (Å²) in [6.45, 7) is 13.3. The van der Waals surface area contributed by atoms with Crippen molar-refractivity contribution in [1.29, 1.82) is 0 Å². The Morgan fingerprint density at radius 1 is 0.400 bits per heavy atom. The van der Waals surface area contributed by atoms with Crippen LogP contribution in [-0.4, -0.2) is 107 Å². The van der Waals surface area contributed by atoms with Gasteiger partial charge in [-0.2, -0.15) is 0 Å². The molecule has 0 aliphatic heterocycles. The second kappa shape index (κ2) is 24.4. The SMILES string of the molecule is CCN(CC)C(=O)CC(=O)C(=O)[O-].CCN(CC)C(=O)CC(=O)C(=O)[O-].CCN(CC)C(=O)CC(=O)C(=O)[O-].[Fe+3]. The van der Waals surface area contributed by atoms with Gasteiger partial charge in [0.25, 0.3) is 0 Å². The molecule has 0 bridgehead atoms. The molecule has 15 nitrogen and oxygen atoms in total.